The third-order valence-corrected chi connectivity index (χ3v) is 3.56. The molecule has 0 saturated carbocycles. The first-order chi connectivity index (χ1) is 11.5. The molecule has 0 aromatic heterocycles. The Hall–Kier alpha value is -2.75. The normalized spacial score (nSPS) is 10.8. The number of hydrogen-bond acceptors (Lipinski definition) is 3. The zero-order chi connectivity index (χ0) is 17.5. The summed E-state index contributed by atoms with van der Waals surface area (Å²) in [5.74, 6) is 0.501. The first-order valence-electron chi connectivity index (χ1n) is 8.08. The second-order valence-electron chi connectivity index (χ2n) is 5.79. The van der Waals surface area contributed by atoms with Crippen molar-refractivity contribution in [2.24, 2.45) is 0 Å². The maximum absolute atomic E-state index is 12.1. The molecule has 0 unspecified atom stereocenters. The molecule has 126 valence electrons. The molecule has 0 fully saturated rings. The predicted octanol–water partition coefficient (Wildman–Crippen LogP) is 4.33. The maximum atomic E-state index is 12.1. The average Bonchev–Trinajstić information content (AvgIpc) is 2.55. The molecule has 2 aromatic carbocycles. The molecule has 0 saturated heterocycles. The Balaban J connectivity index is 2.02. The minimum atomic E-state index is -0.174. The highest BCUT2D eigenvalue weighted by Crippen LogP contribution is 2.23. The fraction of sp³-hybridized carbons (Fsp3) is 0.250. The highest BCUT2D eigenvalue weighted by atomic mass is 16.5. The van der Waals surface area contributed by atoms with Gasteiger partial charge in [0.25, 0.3) is 0 Å². The lowest BCUT2D eigenvalue weighted by molar-refractivity contribution is -0.111. The number of amides is 1. The van der Waals surface area contributed by atoms with Crippen molar-refractivity contribution in [2.45, 2.75) is 27.2 Å². The summed E-state index contributed by atoms with van der Waals surface area (Å²) in [4.78, 5) is 12.1. The molecule has 0 aliphatic carbocycles. The monoisotopic (exact) mass is 324 g/mol. The molecule has 0 radical (unpaired) electrons. The van der Waals surface area contributed by atoms with Crippen LogP contribution in [0.2, 0.25) is 0 Å². The van der Waals surface area contributed by atoms with Crippen LogP contribution >= 0.6 is 0 Å². The van der Waals surface area contributed by atoms with Crippen LogP contribution in [0.25, 0.3) is 6.08 Å². The Morgan fingerprint density at radius 3 is 2.67 bits per heavy atom. The minimum absolute atomic E-state index is 0.174. The van der Waals surface area contributed by atoms with Crippen LogP contribution in [0.15, 0.2) is 42.5 Å². The number of nitrogen functional groups attached to an aromatic ring is 1. The summed E-state index contributed by atoms with van der Waals surface area (Å²) in [6, 6.07) is 11.4. The van der Waals surface area contributed by atoms with E-state index in [-0.39, 0.29) is 5.91 Å². The van der Waals surface area contributed by atoms with Gasteiger partial charge in [0, 0.05) is 11.8 Å². The Kier molecular flexibility index (Phi) is 6.01. The smallest absolute Gasteiger partial charge is 0.248 e. The summed E-state index contributed by atoms with van der Waals surface area (Å²) in [6.07, 6.45) is 4.17. The molecule has 0 bridgehead atoms. The highest BCUT2D eigenvalue weighted by Gasteiger charge is 2.03. The molecule has 24 heavy (non-hydrogen) atoms. The Bertz CT molecular complexity index is 751. The molecule has 0 spiro atoms. The van der Waals surface area contributed by atoms with Crippen LogP contribution in [0.3, 0.4) is 0 Å². The summed E-state index contributed by atoms with van der Waals surface area (Å²) in [5, 5.41) is 2.88. The number of nitrogens with one attached hydrogen (secondary N) is 1. The molecule has 0 atom stereocenters. The van der Waals surface area contributed by atoms with E-state index in [9.17, 15) is 4.79 Å². The second kappa shape index (κ2) is 8.20. The molecule has 3 N–H and O–H groups in total. The van der Waals surface area contributed by atoms with Crippen molar-refractivity contribution in [2.75, 3.05) is 17.7 Å². The topological polar surface area (TPSA) is 64.3 Å². The Labute approximate surface area is 143 Å². The van der Waals surface area contributed by atoms with Gasteiger partial charge in [0.2, 0.25) is 5.91 Å². The van der Waals surface area contributed by atoms with Crippen LogP contribution in [-0.2, 0) is 4.79 Å². The van der Waals surface area contributed by atoms with Gasteiger partial charge in [0.15, 0.2) is 0 Å². The van der Waals surface area contributed by atoms with Crippen LogP contribution in [0.1, 0.15) is 30.0 Å². The molecule has 4 heteroatoms. The van der Waals surface area contributed by atoms with Crippen molar-refractivity contribution in [1.82, 2.24) is 0 Å². The fourth-order valence-corrected chi connectivity index (χ4v) is 2.31. The van der Waals surface area contributed by atoms with Crippen molar-refractivity contribution >= 4 is 23.4 Å². The van der Waals surface area contributed by atoms with Crippen molar-refractivity contribution in [3.05, 3.63) is 59.2 Å². The van der Waals surface area contributed by atoms with Gasteiger partial charge in [-0.05, 0) is 55.7 Å². The van der Waals surface area contributed by atoms with Gasteiger partial charge in [0.1, 0.15) is 5.75 Å². The number of rotatable bonds is 6. The molecule has 1 amide bonds. The van der Waals surface area contributed by atoms with E-state index in [1.807, 2.05) is 51.1 Å². The lowest BCUT2D eigenvalue weighted by Crippen LogP contribution is -2.09. The maximum Gasteiger partial charge on any atom is 0.248 e. The zero-order valence-electron chi connectivity index (χ0n) is 14.4. The molecule has 0 aliphatic heterocycles. The van der Waals surface area contributed by atoms with Gasteiger partial charge in [-0.1, -0.05) is 30.7 Å². The summed E-state index contributed by atoms with van der Waals surface area (Å²) in [7, 11) is 0. The van der Waals surface area contributed by atoms with E-state index in [4.69, 9.17) is 10.5 Å². The van der Waals surface area contributed by atoms with Crippen molar-refractivity contribution in [3.63, 3.8) is 0 Å². The molecule has 2 aromatic rings. The van der Waals surface area contributed by atoms with E-state index in [0.29, 0.717) is 18.0 Å². The van der Waals surface area contributed by atoms with E-state index in [2.05, 4.69) is 5.32 Å². The summed E-state index contributed by atoms with van der Waals surface area (Å²) in [5.41, 5.74) is 10.4. The average molecular weight is 324 g/mol. The number of carbonyl (C=O) groups is 1. The van der Waals surface area contributed by atoms with Crippen LogP contribution in [0, 0.1) is 13.8 Å². The van der Waals surface area contributed by atoms with Crippen molar-refractivity contribution in [1.29, 1.82) is 0 Å². The standard InChI is InChI=1S/C20H24N2O2/c1-4-11-24-19-9-6-16(13-17(19)21)7-10-20(23)22-18-8-5-14(2)12-15(18)3/h5-10,12-13H,4,11,21H2,1-3H3,(H,22,23)/b10-7-. The van der Waals surface area contributed by atoms with Crippen LogP contribution < -0.4 is 15.8 Å². The predicted molar refractivity (Wildman–Crippen MR) is 100 cm³/mol. The van der Waals surface area contributed by atoms with Crippen LogP contribution in [0.4, 0.5) is 11.4 Å². The van der Waals surface area contributed by atoms with Gasteiger partial charge in [-0.15, -0.1) is 0 Å². The fourth-order valence-electron chi connectivity index (χ4n) is 2.31. The van der Waals surface area contributed by atoms with Gasteiger partial charge >= 0.3 is 0 Å². The van der Waals surface area contributed by atoms with Crippen LogP contribution in [0.5, 0.6) is 5.75 Å². The van der Waals surface area contributed by atoms with E-state index in [0.717, 1.165) is 23.2 Å². The number of carbonyl (C=O) groups excluding carboxylic acids is 1. The number of aryl methyl sites for hydroxylation is 2. The molecule has 2 rings (SSSR count). The summed E-state index contributed by atoms with van der Waals surface area (Å²) >= 11 is 0. The molecule has 0 heterocycles. The molecule has 4 nitrogen and oxygen atoms in total. The number of hydrogen-bond donors (Lipinski definition) is 2. The highest BCUT2D eigenvalue weighted by molar-refractivity contribution is 6.02. The third-order valence-electron chi connectivity index (χ3n) is 3.56. The van der Waals surface area contributed by atoms with E-state index >= 15 is 0 Å². The molecular weight excluding hydrogens is 300 g/mol. The molecule has 0 aliphatic rings. The van der Waals surface area contributed by atoms with Gasteiger partial charge in [0.05, 0.1) is 12.3 Å². The lowest BCUT2D eigenvalue weighted by atomic mass is 10.1. The third kappa shape index (κ3) is 4.88. The first kappa shape index (κ1) is 17.6. The van der Waals surface area contributed by atoms with Crippen molar-refractivity contribution in [3.8, 4) is 5.75 Å². The number of ether oxygens (including phenoxy) is 1. The van der Waals surface area contributed by atoms with Gasteiger partial charge < -0.3 is 15.8 Å². The minimum Gasteiger partial charge on any atom is -0.491 e. The van der Waals surface area contributed by atoms with Crippen molar-refractivity contribution < 1.29 is 9.53 Å². The largest absolute Gasteiger partial charge is 0.491 e. The van der Waals surface area contributed by atoms with E-state index < -0.39 is 0 Å². The number of anilines is 2. The SMILES string of the molecule is CCCOc1ccc(/C=C\C(=O)Nc2ccc(C)cc2C)cc1N. The second-order valence-corrected chi connectivity index (χ2v) is 5.79. The lowest BCUT2D eigenvalue weighted by Gasteiger charge is -2.08. The Morgan fingerprint density at radius 1 is 1.21 bits per heavy atom. The zero-order valence-corrected chi connectivity index (χ0v) is 14.4. The first-order valence-corrected chi connectivity index (χ1v) is 8.08. The van der Waals surface area contributed by atoms with E-state index in [1.54, 1.807) is 12.1 Å². The number of nitrogens with two attached hydrogens (primary N) is 1. The summed E-state index contributed by atoms with van der Waals surface area (Å²) in [6.45, 7) is 6.68. The van der Waals surface area contributed by atoms with E-state index in [1.165, 1.54) is 11.6 Å². The summed E-state index contributed by atoms with van der Waals surface area (Å²) < 4.78 is 5.54. The number of benzene rings is 2. The van der Waals surface area contributed by atoms with Gasteiger partial charge in [-0.2, -0.15) is 0 Å². The Morgan fingerprint density at radius 2 is 2.00 bits per heavy atom. The quantitative estimate of drug-likeness (QED) is 0.614. The molecular formula is C20H24N2O2. The van der Waals surface area contributed by atoms with Crippen LogP contribution in [-0.4, -0.2) is 12.5 Å². The van der Waals surface area contributed by atoms with Gasteiger partial charge in [-0.25, -0.2) is 0 Å². The van der Waals surface area contributed by atoms with Gasteiger partial charge in [-0.3, -0.25) is 4.79 Å².